The van der Waals surface area contributed by atoms with Crippen molar-refractivity contribution in [2.24, 2.45) is 0 Å². The van der Waals surface area contributed by atoms with Crippen LogP contribution in [0.25, 0.3) is 0 Å². The number of ether oxygens (including phenoxy) is 3. The van der Waals surface area contributed by atoms with Gasteiger partial charge in [-0.15, -0.1) is 0 Å². The quantitative estimate of drug-likeness (QED) is 0.0199. The molecule has 0 radical (unpaired) electrons. The summed E-state index contributed by atoms with van der Waals surface area (Å²) < 4.78 is 16.7. The molecule has 0 amide bonds. The van der Waals surface area contributed by atoms with Crippen LogP contribution in [-0.4, -0.2) is 37.2 Å². The summed E-state index contributed by atoms with van der Waals surface area (Å²) in [6.45, 7) is 6.43. The fourth-order valence-corrected chi connectivity index (χ4v) is 6.80. The lowest BCUT2D eigenvalue weighted by Crippen LogP contribution is -2.30. The molecule has 0 aromatic heterocycles. The molecule has 0 N–H and O–H groups in total. The van der Waals surface area contributed by atoms with Crippen LogP contribution in [0, 0.1) is 0 Å². The molecule has 0 saturated carbocycles. The highest BCUT2D eigenvalue weighted by atomic mass is 16.6. The van der Waals surface area contributed by atoms with Crippen molar-refractivity contribution >= 4 is 17.9 Å². The van der Waals surface area contributed by atoms with Crippen LogP contribution in [0.3, 0.4) is 0 Å². The molecule has 1 unspecified atom stereocenters. The first-order chi connectivity index (χ1) is 30.5. The molecule has 6 heteroatoms. The Kier molecular flexibility index (Phi) is 47.5. The van der Waals surface area contributed by atoms with Crippen molar-refractivity contribution in [2.75, 3.05) is 13.2 Å². The average molecular weight is 863 g/mol. The van der Waals surface area contributed by atoms with E-state index < -0.39 is 6.10 Å². The summed E-state index contributed by atoms with van der Waals surface area (Å²) in [5.41, 5.74) is 0. The van der Waals surface area contributed by atoms with Crippen molar-refractivity contribution in [3.8, 4) is 0 Å². The molecule has 0 aliphatic heterocycles. The number of carbonyl (C=O) groups is 3. The Morgan fingerprint density at radius 3 is 1.18 bits per heavy atom. The summed E-state index contributed by atoms with van der Waals surface area (Å²) in [7, 11) is 0. The van der Waals surface area contributed by atoms with E-state index in [1.807, 2.05) is 0 Å². The molecule has 0 fully saturated rings. The second-order valence-electron chi connectivity index (χ2n) is 16.7. The number of hydrogen-bond donors (Lipinski definition) is 0. The van der Waals surface area contributed by atoms with Crippen LogP contribution in [0.4, 0.5) is 0 Å². The molecule has 6 nitrogen and oxygen atoms in total. The minimum Gasteiger partial charge on any atom is -0.462 e. The highest BCUT2D eigenvalue weighted by Crippen LogP contribution is 2.13. The largest absolute Gasteiger partial charge is 0.462 e. The van der Waals surface area contributed by atoms with Crippen molar-refractivity contribution < 1.29 is 28.6 Å². The van der Waals surface area contributed by atoms with Gasteiger partial charge in [-0.3, -0.25) is 14.4 Å². The Hall–Kier alpha value is -3.41. The van der Waals surface area contributed by atoms with Gasteiger partial charge in [-0.2, -0.15) is 0 Å². The second kappa shape index (κ2) is 50.2. The lowest BCUT2D eigenvalue weighted by molar-refractivity contribution is -0.167. The lowest BCUT2D eigenvalue weighted by Gasteiger charge is -2.18. The lowest BCUT2D eigenvalue weighted by atomic mass is 10.1. The highest BCUT2D eigenvalue weighted by molar-refractivity contribution is 5.71. The van der Waals surface area contributed by atoms with Crippen molar-refractivity contribution in [1.29, 1.82) is 0 Å². The van der Waals surface area contributed by atoms with Crippen molar-refractivity contribution in [3.05, 3.63) is 85.1 Å². The zero-order chi connectivity index (χ0) is 45.1. The molecule has 0 heterocycles. The van der Waals surface area contributed by atoms with E-state index in [0.29, 0.717) is 19.3 Å². The van der Waals surface area contributed by atoms with Gasteiger partial charge in [0.15, 0.2) is 6.10 Å². The Morgan fingerprint density at radius 1 is 0.355 bits per heavy atom. The van der Waals surface area contributed by atoms with Crippen LogP contribution >= 0.6 is 0 Å². The minimum absolute atomic E-state index is 0.106. The summed E-state index contributed by atoms with van der Waals surface area (Å²) in [6.07, 6.45) is 64.3. The van der Waals surface area contributed by atoms with Gasteiger partial charge in [-0.25, -0.2) is 0 Å². The third kappa shape index (κ3) is 47.6. The molecule has 0 aliphatic rings. The van der Waals surface area contributed by atoms with Gasteiger partial charge in [-0.05, 0) is 103 Å². The number of esters is 3. The van der Waals surface area contributed by atoms with Crippen LogP contribution in [-0.2, 0) is 28.6 Å². The molecule has 1 atom stereocenters. The van der Waals surface area contributed by atoms with Crippen LogP contribution in [0.15, 0.2) is 85.1 Å². The maximum atomic E-state index is 12.8. The third-order valence-electron chi connectivity index (χ3n) is 10.7. The molecule has 62 heavy (non-hydrogen) atoms. The van der Waals surface area contributed by atoms with E-state index in [4.69, 9.17) is 14.2 Å². The van der Waals surface area contributed by atoms with Crippen molar-refractivity contribution in [3.63, 3.8) is 0 Å². The van der Waals surface area contributed by atoms with Crippen LogP contribution in [0.1, 0.15) is 233 Å². The third-order valence-corrected chi connectivity index (χ3v) is 10.7. The van der Waals surface area contributed by atoms with Crippen molar-refractivity contribution in [2.45, 2.75) is 239 Å². The predicted molar refractivity (Wildman–Crippen MR) is 265 cm³/mol. The SMILES string of the molecule is CC/C=C\C/C=C\C/C=C\CCCCC(=O)OCC(COC(=O)CCCCCCC\C=C/C=C\C=C/CCCCCCC)OC(=O)CCCCC/C=C\CCCCCCCCC. The first kappa shape index (κ1) is 58.6. The fourth-order valence-electron chi connectivity index (χ4n) is 6.80. The van der Waals surface area contributed by atoms with E-state index in [1.165, 1.54) is 77.0 Å². The molecule has 0 spiro atoms. The zero-order valence-electron chi connectivity index (χ0n) is 40.4. The predicted octanol–water partition coefficient (Wildman–Crippen LogP) is 16.8. The number of allylic oxidation sites excluding steroid dienone is 14. The molecular formula is C56H94O6. The molecule has 0 aromatic carbocycles. The van der Waals surface area contributed by atoms with Crippen molar-refractivity contribution in [1.82, 2.24) is 0 Å². The average Bonchev–Trinajstić information content (AvgIpc) is 3.27. The van der Waals surface area contributed by atoms with E-state index in [0.717, 1.165) is 116 Å². The zero-order valence-corrected chi connectivity index (χ0v) is 40.4. The van der Waals surface area contributed by atoms with Gasteiger partial charge in [0.05, 0.1) is 0 Å². The summed E-state index contributed by atoms with van der Waals surface area (Å²) in [6, 6.07) is 0. The number of carbonyl (C=O) groups excluding carboxylic acids is 3. The van der Waals surface area contributed by atoms with E-state index in [1.54, 1.807) is 0 Å². The number of hydrogen-bond acceptors (Lipinski definition) is 6. The van der Waals surface area contributed by atoms with Gasteiger partial charge >= 0.3 is 17.9 Å². The van der Waals surface area contributed by atoms with Gasteiger partial charge in [-0.1, -0.05) is 196 Å². The smallest absolute Gasteiger partial charge is 0.306 e. The van der Waals surface area contributed by atoms with Crippen LogP contribution in [0.5, 0.6) is 0 Å². The summed E-state index contributed by atoms with van der Waals surface area (Å²) in [5.74, 6) is -0.983. The minimum atomic E-state index is -0.808. The summed E-state index contributed by atoms with van der Waals surface area (Å²) in [4.78, 5) is 37.9. The normalized spacial score (nSPS) is 12.8. The number of rotatable bonds is 45. The highest BCUT2D eigenvalue weighted by Gasteiger charge is 2.19. The van der Waals surface area contributed by atoms with Crippen LogP contribution in [0.2, 0.25) is 0 Å². The topological polar surface area (TPSA) is 78.9 Å². The molecule has 0 aliphatic carbocycles. The molecule has 0 saturated heterocycles. The summed E-state index contributed by atoms with van der Waals surface area (Å²) in [5, 5.41) is 0. The van der Waals surface area contributed by atoms with Gasteiger partial charge in [0.1, 0.15) is 13.2 Å². The summed E-state index contributed by atoms with van der Waals surface area (Å²) >= 11 is 0. The van der Waals surface area contributed by atoms with E-state index >= 15 is 0 Å². The first-order valence-electron chi connectivity index (χ1n) is 25.6. The molecule has 0 bridgehead atoms. The van der Waals surface area contributed by atoms with E-state index in [2.05, 4.69) is 106 Å². The molecule has 0 rings (SSSR count). The number of unbranched alkanes of at least 4 members (excludes halogenated alkanes) is 22. The Morgan fingerprint density at radius 2 is 0.694 bits per heavy atom. The van der Waals surface area contributed by atoms with Gasteiger partial charge < -0.3 is 14.2 Å². The van der Waals surface area contributed by atoms with Gasteiger partial charge in [0.25, 0.3) is 0 Å². The first-order valence-corrected chi connectivity index (χ1v) is 25.6. The standard InChI is InChI=1S/C56H94O6/c1-4-7-10-13-16-19-22-25-27-28-29-30-32-34-37-40-43-46-49-55(58)61-52-53(51-60-54(57)48-45-42-39-36-33-24-21-18-15-12-9-6-3)62-56(59)50-47-44-41-38-35-31-26-23-20-17-14-11-8-5-2/h9,12,18,21-22,25,27-31,33,35-36,53H,4-8,10-11,13-17,19-20,23-24,26,32,34,37-52H2,1-3H3/b12-9-,21-18-,25-22-,28-27-,30-29-,35-31-,36-33-. The van der Waals surface area contributed by atoms with E-state index in [-0.39, 0.29) is 31.1 Å². The monoisotopic (exact) mass is 863 g/mol. The Bertz CT molecular complexity index is 1220. The maximum Gasteiger partial charge on any atom is 0.306 e. The van der Waals surface area contributed by atoms with E-state index in [9.17, 15) is 14.4 Å². The van der Waals surface area contributed by atoms with Gasteiger partial charge in [0, 0.05) is 19.3 Å². The second-order valence-corrected chi connectivity index (χ2v) is 16.7. The maximum absolute atomic E-state index is 12.8. The Balaban J connectivity index is 4.48. The fraction of sp³-hybridized carbons (Fsp3) is 0.696. The molecular weight excluding hydrogens is 769 g/mol. The van der Waals surface area contributed by atoms with Gasteiger partial charge in [0.2, 0.25) is 0 Å². The van der Waals surface area contributed by atoms with Crippen LogP contribution < -0.4 is 0 Å². The Labute approximate surface area is 382 Å². The molecule has 0 aromatic rings. The molecule has 354 valence electrons.